The Bertz CT molecular complexity index is 884. The molecule has 0 N–H and O–H groups in total. The van der Waals surface area contributed by atoms with Gasteiger partial charge in [-0.05, 0) is 63.1 Å². The number of nitrogens with zero attached hydrogens (tertiary/aromatic N) is 3. The number of anilines is 1. The summed E-state index contributed by atoms with van der Waals surface area (Å²) < 4.78 is 20.2. The molecule has 4 rings (SSSR count). The molecule has 0 spiro atoms. The van der Waals surface area contributed by atoms with E-state index in [1.807, 2.05) is 18.2 Å². The van der Waals surface area contributed by atoms with Crippen molar-refractivity contribution in [2.24, 2.45) is 0 Å². The van der Waals surface area contributed by atoms with Crippen LogP contribution >= 0.6 is 0 Å². The molecule has 2 aromatic carbocycles. The minimum Gasteiger partial charge on any atom is -0.490 e. The Labute approximate surface area is 190 Å². The Balaban J connectivity index is 1.21. The Morgan fingerprint density at radius 1 is 1.06 bits per heavy atom. The minimum absolute atomic E-state index is 0.0494. The zero-order valence-corrected chi connectivity index (χ0v) is 19.0. The van der Waals surface area contributed by atoms with Crippen molar-refractivity contribution in [3.05, 3.63) is 59.9 Å². The van der Waals surface area contributed by atoms with Gasteiger partial charge in [-0.25, -0.2) is 4.39 Å². The maximum absolute atomic E-state index is 14.5. The van der Waals surface area contributed by atoms with Crippen molar-refractivity contribution in [3.63, 3.8) is 0 Å². The van der Waals surface area contributed by atoms with Gasteiger partial charge in [0.1, 0.15) is 0 Å². The van der Waals surface area contributed by atoms with Crippen molar-refractivity contribution in [2.75, 3.05) is 57.3 Å². The number of ketones is 1. The lowest BCUT2D eigenvalue weighted by Crippen LogP contribution is -2.48. The van der Waals surface area contributed by atoms with E-state index >= 15 is 0 Å². The van der Waals surface area contributed by atoms with Gasteiger partial charge in [0, 0.05) is 50.0 Å². The highest BCUT2D eigenvalue weighted by molar-refractivity contribution is 5.97. The van der Waals surface area contributed by atoms with Gasteiger partial charge in [0.2, 0.25) is 0 Å². The minimum atomic E-state index is -0.459. The molecule has 0 radical (unpaired) electrons. The first-order valence-electron chi connectivity index (χ1n) is 11.8. The summed E-state index contributed by atoms with van der Waals surface area (Å²) in [5.41, 5.74) is 1.62. The molecule has 6 heteroatoms. The van der Waals surface area contributed by atoms with Gasteiger partial charge in [-0.15, -0.1) is 0 Å². The Morgan fingerprint density at radius 2 is 1.84 bits per heavy atom. The summed E-state index contributed by atoms with van der Waals surface area (Å²) in [5, 5.41) is 0. The fraction of sp³-hybridized carbons (Fsp3) is 0.500. The van der Waals surface area contributed by atoms with Crippen molar-refractivity contribution in [1.29, 1.82) is 0 Å². The third-order valence-corrected chi connectivity index (χ3v) is 6.65. The summed E-state index contributed by atoms with van der Waals surface area (Å²) in [5.74, 6) is -0.279. The quantitative estimate of drug-likeness (QED) is 0.435. The molecule has 0 aliphatic carbocycles. The maximum atomic E-state index is 14.5. The second kappa shape index (κ2) is 10.9. The lowest BCUT2D eigenvalue weighted by molar-refractivity contribution is 0.0926. The average Bonchev–Trinajstić information content (AvgIpc) is 3.23. The van der Waals surface area contributed by atoms with Gasteiger partial charge in [0.25, 0.3) is 0 Å². The zero-order chi connectivity index (χ0) is 22.3. The second-order valence-electron chi connectivity index (χ2n) is 8.90. The summed E-state index contributed by atoms with van der Waals surface area (Å²) >= 11 is 0. The van der Waals surface area contributed by atoms with E-state index in [0.717, 1.165) is 45.7 Å². The van der Waals surface area contributed by atoms with Crippen molar-refractivity contribution < 1.29 is 13.9 Å². The molecule has 2 saturated heterocycles. The summed E-state index contributed by atoms with van der Waals surface area (Å²) in [4.78, 5) is 19.6. The van der Waals surface area contributed by atoms with E-state index in [4.69, 9.17) is 4.74 Å². The van der Waals surface area contributed by atoms with Crippen molar-refractivity contribution in [1.82, 2.24) is 9.80 Å². The van der Waals surface area contributed by atoms with Crippen molar-refractivity contribution in [2.45, 2.75) is 32.2 Å². The number of Topliss-reactive ketones (excluding diaryl/α,β-unsaturated/α-hetero) is 1. The van der Waals surface area contributed by atoms with Gasteiger partial charge >= 0.3 is 0 Å². The third kappa shape index (κ3) is 5.87. The summed E-state index contributed by atoms with van der Waals surface area (Å²) in [6.07, 6.45) is 3.39. The molecule has 2 aromatic rings. The van der Waals surface area contributed by atoms with Crippen LogP contribution in [-0.2, 0) is 0 Å². The van der Waals surface area contributed by atoms with Gasteiger partial charge in [-0.1, -0.05) is 18.2 Å². The van der Waals surface area contributed by atoms with E-state index in [9.17, 15) is 9.18 Å². The first-order chi connectivity index (χ1) is 15.6. The Morgan fingerprint density at radius 3 is 2.53 bits per heavy atom. The van der Waals surface area contributed by atoms with Gasteiger partial charge in [-0.2, -0.15) is 0 Å². The van der Waals surface area contributed by atoms with Gasteiger partial charge in [0.15, 0.2) is 17.3 Å². The number of carbonyl (C=O) groups excluding carboxylic acids is 1. The van der Waals surface area contributed by atoms with Crippen molar-refractivity contribution >= 4 is 11.5 Å². The van der Waals surface area contributed by atoms with E-state index in [1.165, 1.54) is 24.6 Å². The number of halogens is 1. The summed E-state index contributed by atoms with van der Waals surface area (Å²) in [7, 11) is 0. The topological polar surface area (TPSA) is 36.0 Å². The molecule has 1 atom stereocenters. The predicted molar refractivity (Wildman–Crippen MR) is 126 cm³/mol. The Hall–Kier alpha value is -2.44. The van der Waals surface area contributed by atoms with Crippen LogP contribution in [0.5, 0.6) is 5.75 Å². The van der Waals surface area contributed by atoms with Crippen LogP contribution in [0, 0.1) is 5.82 Å². The van der Waals surface area contributed by atoms with Gasteiger partial charge < -0.3 is 14.5 Å². The number of carbonyl (C=O) groups is 1. The smallest absolute Gasteiger partial charge is 0.176 e. The molecule has 0 unspecified atom stereocenters. The number of hydrogen-bond donors (Lipinski definition) is 0. The molecular weight excluding hydrogens is 405 g/mol. The zero-order valence-electron chi connectivity index (χ0n) is 19.0. The summed E-state index contributed by atoms with van der Waals surface area (Å²) in [6.45, 7) is 8.59. The van der Waals surface area contributed by atoms with Crippen LogP contribution in [0.15, 0.2) is 48.5 Å². The van der Waals surface area contributed by atoms with E-state index in [2.05, 4.69) is 33.8 Å². The Kier molecular flexibility index (Phi) is 7.76. The van der Waals surface area contributed by atoms with Gasteiger partial charge in [0.05, 0.1) is 13.2 Å². The molecule has 32 heavy (non-hydrogen) atoms. The number of benzene rings is 2. The van der Waals surface area contributed by atoms with E-state index in [1.54, 1.807) is 12.1 Å². The van der Waals surface area contributed by atoms with Crippen LogP contribution in [0.4, 0.5) is 10.1 Å². The highest BCUT2D eigenvalue weighted by atomic mass is 19.1. The number of rotatable bonds is 9. The van der Waals surface area contributed by atoms with E-state index < -0.39 is 5.82 Å². The molecule has 2 aliphatic rings. The molecule has 0 aromatic heterocycles. The SMILES string of the molecule is C[C@@H]1CCCN1CCCOc1ccc(C(=O)CN2CCN(c3ccccc3)CC2)cc1F. The number of hydrogen-bond acceptors (Lipinski definition) is 5. The number of para-hydroxylation sites is 1. The normalized spacial score (nSPS) is 19.9. The van der Waals surface area contributed by atoms with Crippen LogP contribution in [0.1, 0.15) is 36.5 Å². The fourth-order valence-corrected chi connectivity index (χ4v) is 4.66. The molecule has 172 valence electrons. The molecule has 2 heterocycles. The first-order valence-corrected chi connectivity index (χ1v) is 11.8. The van der Waals surface area contributed by atoms with Gasteiger partial charge in [-0.3, -0.25) is 9.69 Å². The average molecular weight is 440 g/mol. The lowest BCUT2D eigenvalue weighted by atomic mass is 10.1. The lowest BCUT2D eigenvalue weighted by Gasteiger charge is -2.35. The monoisotopic (exact) mass is 439 g/mol. The van der Waals surface area contributed by atoms with Crippen LogP contribution in [-0.4, -0.2) is 74.0 Å². The van der Waals surface area contributed by atoms with Crippen molar-refractivity contribution in [3.8, 4) is 5.75 Å². The second-order valence-corrected chi connectivity index (χ2v) is 8.90. The van der Waals surface area contributed by atoms with E-state index in [-0.39, 0.29) is 11.5 Å². The van der Waals surface area contributed by atoms with Crippen LogP contribution in [0.25, 0.3) is 0 Å². The maximum Gasteiger partial charge on any atom is 0.176 e. The third-order valence-electron chi connectivity index (χ3n) is 6.65. The molecule has 0 saturated carbocycles. The number of piperazine rings is 1. The van der Waals surface area contributed by atoms with Crippen LogP contribution < -0.4 is 9.64 Å². The standard InChI is InChI=1S/C26H34FN3O2/c1-21-7-5-12-29(21)13-6-18-32-26-11-10-22(19-24(26)27)25(31)20-28-14-16-30(17-15-28)23-8-3-2-4-9-23/h2-4,8-11,19,21H,5-7,12-18,20H2,1H3/t21-/m1/s1. The fourth-order valence-electron chi connectivity index (χ4n) is 4.66. The highest BCUT2D eigenvalue weighted by Crippen LogP contribution is 2.21. The molecule has 0 amide bonds. The first kappa shape index (κ1) is 22.7. The highest BCUT2D eigenvalue weighted by Gasteiger charge is 2.21. The summed E-state index contributed by atoms with van der Waals surface area (Å²) in [6, 6.07) is 15.6. The molecule has 0 bridgehead atoms. The molecular formula is C26H34FN3O2. The van der Waals surface area contributed by atoms with Crippen LogP contribution in [0.2, 0.25) is 0 Å². The molecule has 2 aliphatic heterocycles. The number of likely N-dealkylation sites (tertiary alicyclic amines) is 1. The molecule has 5 nitrogen and oxygen atoms in total. The largest absolute Gasteiger partial charge is 0.490 e. The van der Waals surface area contributed by atoms with E-state index in [0.29, 0.717) is 24.8 Å². The predicted octanol–water partition coefficient (Wildman–Crippen LogP) is 4.08. The molecule has 2 fully saturated rings. The number of ether oxygens (including phenoxy) is 1. The van der Waals surface area contributed by atoms with Crippen LogP contribution in [0.3, 0.4) is 0 Å².